The summed E-state index contributed by atoms with van der Waals surface area (Å²) in [6.45, 7) is 0.603. The largest absolute Gasteiger partial charge is 0.390 e. The molecule has 0 aromatic carbocycles. The minimum atomic E-state index is -4.32. The first kappa shape index (κ1) is 13.7. The average molecular weight is 260 g/mol. The van der Waals surface area contributed by atoms with Gasteiger partial charge < -0.3 is 5.32 Å². The smallest absolute Gasteiger partial charge is 0.317 e. The molecular weight excluding hydrogens is 245 g/mol. The van der Waals surface area contributed by atoms with Gasteiger partial charge in [0.15, 0.2) is 0 Å². The molecule has 2 N–H and O–H groups in total. The van der Waals surface area contributed by atoms with Crippen molar-refractivity contribution < 1.29 is 21.6 Å². The Labute approximate surface area is 92.6 Å². The lowest BCUT2D eigenvalue weighted by molar-refractivity contribution is -0.132. The quantitative estimate of drug-likeness (QED) is 0.778. The third-order valence-corrected chi connectivity index (χ3v) is 4.39. The molecule has 1 saturated heterocycles. The Morgan fingerprint density at radius 1 is 1.25 bits per heavy atom. The summed E-state index contributed by atoms with van der Waals surface area (Å²) < 4.78 is 60.6. The van der Waals surface area contributed by atoms with Crippen molar-refractivity contribution in [1.82, 2.24) is 10.0 Å². The van der Waals surface area contributed by atoms with E-state index in [2.05, 4.69) is 5.32 Å². The fourth-order valence-corrected chi connectivity index (χ4v) is 3.04. The Balaban J connectivity index is 2.39. The maximum atomic E-state index is 11.8. The zero-order valence-corrected chi connectivity index (χ0v) is 9.50. The molecule has 8 heteroatoms. The van der Waals surface area contributed by atoms with Crippen LogP contribution in [0.3, 0.4) is 0 Å². The van der Waals surface area contributed by atoms with Gasteiger partial charge in [-0.05, 0) is 25.9 Å². The second kappa shape index (κ2) is 5.33. The average Bonchev–Trinajstić information content (AvgIpc) is 2.17. The number of rotatable bonds is 4. The summed E-state index contributed by atoms with van der Waals surface area (Å²) in [5, 5.41) is 2.43. The highest BCUT2D eigenvalue weighted by Gasteiger charge is 2.30. The Kier molecular flexibility index (Phi) is 4.57. The molecule has 0 aliphatic carbocycles. The van der Waals surface area contributed by atoms with Crippen LogP contribution in [-0.4, -0.2) is 39.5 Å². The van der Waals surface area contributed by atoms with Crippen molar-refractivity contribution in [3.05, 3.63) is 0 Å². The number of halogens is 3. The standard InChI is InChI=1S/C8H15F3N2O2S/c9-8(10,11)3-6-13-16(14,15)7-1-4-12-5-2-7/h7,12-13H,1-6H2. The molecule has 1 aliphatic heterocycles. The van der Waals surface area contributed by atoms with Crippen LogP contribution < -0.4 is 10.0 Å². The zero-order valence-electron chi connectivity index (χ0n) is 8.68. The first-order valence-corrected chi connectivity index (χ1v) is 6.62. The molecule has 16 heavy (non-hydrogen) atoms. The van der Waals surface area contributed by atoms with E-state index in [-0.39, 0.29) is 0 Å². The fourth-order valence-electron chi connectivity index (χ4n) is 1.56. The van der Waals surface area contributed by atoms with Gasteiger partial charge in [0.1, 0.15) is 0 Å². The number of piperidine rings is 1. The zero-order chi connectivity index (χ0) is 12.2. The lowest BCUT2D eigenvalue weighted by Gasteiger charge is -2.23. The van der Waals surface area contributed by atoms with Gasteiger partial charge in [-0.2, -0.15) is 13.2 Å². The van der Waals surface area contributed by atoms with Crippen molar-refractivity contribution in [3.8, 4) is 0 Å². The molecule has 0 atom stereocenters. The summed E-state index contributed by atoms with van der Waals surface area (Å²) in [6.07, 6.45) is -4.56. The highest BCUT2D eigenvalue weighted by molar-refractivity contribution is 7.90. The van der Waals surface area contributed by atoms with Crippen LogP contribution in [0.25, 0.3) is 0 Å². The Morgan fingerprint density at radius 3 is 2.31 bits per heavy atom. The summed E-state index contributed by atoms with van der Waals surface area (Å²) in [6, 6.07) is 0. The van der Waals surface area contributed by atoms with Crippen LogP contribution >= 0.6 is 0 Å². The molecule has 1 fully saturated rings. The number of sulfonamides is 1. The number of hydrogen-bond acceptors (Lipinski definition) is 3. The summed E-state index contributed by atoms with van der Waals surface area (Å²) in [5.41, 5.74) is 0. The monoisotopic (exact) mass is 260 g/mol. The van der Waals surface area contributed by atoms with Crippen LogP contribution in [-0.2, 0) is 10.0 Å². The van der Waals surface area contributed by atoms with Crippen LogP contribution in [0.4, 0.5) is 13.2 Å². The van der Waals surface area contributed by atoms with Crippen molar-refractivity contribution >= 4 is 10.0 Å². The Hall–Kier alpha value is -0.340. The fraction of sp³-hybridized carbons (Fsp3) is 1.00. The molecule has 0 bridgehead atoms. The van der Waals surface area contributed by atoms with Crippen molar-refractivity contribution in [2.75, 3.05) is 19.6 Å². The number of alkyl halides is 3. The molecule has 4 nitrogen and oxygen atoms in total. The minimum absolute atomic E-state index is 0.446. The predicted molar refractivity (Wildman–Crippen MR) is 53.5 cm³/mol. The van der Waals surface area contributed by atoms with Crippen LogP contribution in [0, 0.1) is 0 Å². The van der Waals surface area contributed by atoms with E-state index in [1.165, 1.54) is 0 Å². The van der Waals surface area contributed by atoms with Gasteiger partial charge in [0.25, 0.3) is 0 Å². The van der Waals surface area contributed by atoms with E-state index in [4.69, 9.17) is 0 Å². The topological polar surface area (TPSA) is 58.2 Å². The van der Waals surface area contributed by atoms with E-state index >= 15 is 0 Å². The van der Waals surface area contributed by atoms with Gasteiger partial charge in [0.2, 0.25) is 10.0 Å². The van der Waals surface area contributed by atoms with Crippen molar-refractivity contribution in [1.29, 1.82) is 0 Å². The van der Waals surface area contributed by atoms with E-state index in [9.17, 15) is 21.6 Å². The van der Waals surface area contributed by atoms with Crippen LogP contribution in [0.1, 0.15) is 19.3 Å². The first-order valence-electron chi connectivity index (χ1n) is 5.07. The van der Waals surface area contributed by atoms with E-state index in [0.29, 0.717) is 25.9 Å². The van der Waals surface area contributed by atoms with Gasteiger partial charge in [0, 0.05) is 6.54 Å². The SMILES string of the molecule is O=S(=O)(NCCC(F)(F)F)C1CCNCC1. The molecular formula is C8H15F3N2O2S. The Morgan fingerprint density at radius 2 is 1.81 bits per heavy atom. The second-order valence-electron chi connectivity index (χ2n) is 3.75. The molecule has 0 saturated carbocycles. The molecule has 0 spiro atoms. The molecule has 0 radical (unpaired) electrons. The molecule has 0 unspecified atom stereocenters. The Bertz CT molecular complexity index is 310. The molecule has 0 aromatic heterocycles. The highest BCUT2D eigenvalue weighted by atomic mass is 32.2. The lowest BCUT2D eigenvalue weighted by Crippen LogP contribution is -2.42. The van der Waals surface area contributed by atoms with Crippen LogP contribution in [0.15, 0.2) is 0 Å². The first-order chi connectivity index (χ1) is 7.31. The highest BCUT2D eigenvalue weighted by Crippen LogP contribution is 2.19. The van der Waals surface area contributed by atoms with Gasteiger partial charge >= 0.3 is 6.18 Å². The molecule has 1 rings (SSSR count). The third kappa shape index (κ3) is 4.67. The summed E-state index contributed by atoms with van der Waals surface area (Å²) in [4.78, 5) is 0. The third-order valence-electron chi connectivity index (χ3n) is 2.44. The van der Waals surface area contributed by atoms with E-state index in [1.807, 2.05) is 4.72 Å². The number of hydrogen-bond donors (Lipinski definition) is 2. The van der Waals surface area contributed by atoms with E-state index in [1.54, 1.807) is 0 Å². The molecule has 0 aromatic rings. The van der Waals surface area contributed by atoms with Crippen molar-refractivity contribution in [2.45, 2.75) is 30.7 Å². The molecule has 96 valence electrons. The number of nitrogens with one attached hydrogen (secondary N) is 2. The minimum Gasteiger partial charge on any atom is -0.317 e. The summed E-state index contributed by atoms with van der Waals surface area (Å²) >= 11 is 0. The second-order valence-corrected chi connectivity index (χ2v) is 5.80. The van der Waals surface area contributed by atoms with Gasteiger partial charge in [-0.1, -0.05) is 0 Å². The maximum Gasteiger partial charge on any atom is 0.390 e. The predicted octanol–water partition coefficient (Wildman–Crippen LogP) is 0.610. The van der Waals surface area contributed by atoms with Gasteiger partial charge in [0.05, 0.1) is 11.7 Å². The molecule has 1 heterocycles. The van der Waals surface area contributed by atoms with E-state index in [0.717, 1.165) is 0 Å². The molecule has 1 aliphatic rings. The van der Waals surface area contributed by atoms with Crippen LogP contribution in [0.2, 0.25) is 0 Å². The normalized spacial score (nSPS) is 19.9. The van der Waals surface area contributed by atoms with E-state index < -0.39 is 34.4 Å². The lowest BCUT2D eigenvalue weighted by atomic mass is 10.2. The van der Waals surface area contributed by atoms with Crippen molar-refractivity contribution in [3.63, 3.8) is 0 Å². The van der Waals surface area contributed by atoms with Gasteiger partial charge in [-0.15, -0.1) is 0 Å². The van der Waals surface area contributed by atoms with Crippen LogP contribution in [0.5, 0.6) is 0 Å². The summed E-state index contributed by atoms with van der Waals surface area (Å²) in [5.74, 6) is 0. The van der Waals surface area contributed by atoms with Gasteiger partial charge in [-0.25, -0.2) is 13.1 Å². The maximum absolute atomic E-state index is 11.8. The summed E-state index contributed by atoms with van der Waals surface area (Å²) in [7, 11) is -3.60. The van der Waals surface area contributed by atoms with Gasteiger partial charge in [-0.3, -0.25) is 0 Å². The molecule has 0 amide bonds. The van der Waals surface area contributed by atoms with Crippen molar-refractivity contribution in [2.24, 2.45) is 0 Å².